The summed E-state index contributed by atoms with van der Waals surface area (Å²) in [4.78, 5) is 23.9. The number of carbonyl (C=O) groups excluding carboxylic acids is 2. The van der Waals surface area contributed by atoms with E-state index >= 15 is 0 Å². The monoisotopic (exact) mass is 455 g/mol. The second kappa shape index (κ2) is 13.1. The van der Waals surface area contributed by atoms with Crippen LogP contribution in [0, 0.1) is 0 Å². The van der Waals surface area contributed by atoms with Crippen molar-refractivity contribution < 1.29 is 19.1 Å². The van der Waals surface area contributed by atoms with Gasteiger partial charge in [-0.05, 0) is 72.9 Å². The van der Waals surface area contributed by atoms with Crippen LogP contribution in [0.1, 0.15) is 44.2 Å². The molecule has 2 rings (SSSR count). The van der Waals surface area contributed by atoms with Gasteiger partial charge in [-0.2, -0.15) is 0 Å². The van der Waals surface area contributed by atoms with E-state index in [0.717, 1.165) is 17.7 Å². The van der Waals surface area contributed by atoms with Crippen LogP contribution in [-0.2, 0) is 9.59 Å². The largest absolute Gasteiger partial charge is 0.494 e. The number of amides is 2. The second-order valence-corrected chi connectivity index (χ2v) is 7.40. The third kappa shape index (κ3) is 8.77. The lowest BCUT2D eigenvalue weighted by Crippen LogP contribution is -2.49. The molecule has 170 valence electrons. The highest BCUT2D eigenvalue weighted by Crippen LogP contribution is 2.21. The average molecular weight is 456 g/mol. The molecule has 2 amide bonds. The first-order valence-corrected chi connectivity index (χ1v) is 10.9. The van der Waals surface area contributed by atoms with Gasteiger partial charge in [-0.3, -0.25) is 25.8 Å². The van der Waals surface area contributed by atoms with Gasteiger partial charge in [0.2, 0.25) is 5.91 Å². The second-order valence-electron chi connectivity index (χ2n) is 6.99. The minimum absolute atomic E-state index is 0.0300. The molecule has 8 heteroatoms. The molecule has 32 heavy (non-hydrogen) atoms. The van der Waals surface area contributed by atoms with Crippen molar-refractivity contribution in [2.24, 2.45) is 0 Å². The molecule has 2 aromatic rings. The van der Waals surface area contributed by atoms with Gasteiger partial charge < -0.3 is 9.47 Å². The van der Waals surface area contributed by atoms with Crippen LogP contribution in [0.2, 0.25) is 0 Å². The molecule has 0 fully saturated rings. The van der Waals surface area contributed by atoms with Gasteiger partial charge in [-0.1, -0.05) is 38.1 Å². The molecule has 0 aromatic heterocycles. The molecule has 0 bridgehead atoms. The highest BCUT2D eigenvalue weighted by molar-refractivity contribution is 7.80. The Kier molecular flexibility index (Phi) is 10.2. The lowest BCUT2D eigenvalue weighted by atomic mass is 9.99. The molecule has 0 aliphatic carbocycles. The Hall–Kier alpha value is -3.39. The van der Waals surface area contributed by atoms with Gasteiger partial charge in [0.15, 0.2) is 11.7 Å². The zero-order valence-corrected chi connectivity index (χ0v) is 19.3. The van der Waals surface area contributed by atoms with E-state index in [4.69, 9.17) is 21.7 Å². The molecule has 0 aliphatic rings. The van der Waals surface area contributed by atoms with Crippen molar-refractivity contribution in [3.8, 4) is 11.5 Å². The summed E-state index contributed by atoms with van der Waals surface area (Å²) in [6, 6.07) is 15.0. The Balaban J connectivity index is 1.69. The summed E-state index contributed by atoms with van der Waals surface area (Å²) in [5, 5.41) is 2.42. The van der Waals surface area contributed by atoms with E-state index in [0.29, 0.717) is 18.3 Å². The van der Waals surface area contributed by atoms with E-state index in [9.17, 15) is 9.59 Å². The topological polar surface area (TPSA) is 88.7 Å². The summed E-state index contributed by atoms with van der Waals surface area (Å²) in [7, 11) is 0. The van der Waals surface area contributed by atoms with Gasteiger partial charge in [0.05, 0.1) is 6.61 Å². The summed E-state index contributed by atoms with van der Waals surface area (Å²) >= 11 is 5.00. The van der Waals surface area contributed by atoms with E-state index < -0.39 is 11.8 Å². The molecule has 0 saturated carbocycles. The zero-order chi connectivity index (χ0) is 23.3. The predicted octanol–water partition coefficient (Wildman–Crippen LogP) is 3.71. The predicted molar refractivity (Wildman–Crippen MR) is 129 cm³/mol. The van der Waals surface area contributed by atoms with Crippen LogP contribution in [0.3, 0.4) is 0 Å². The van der Waals surface area contributed by atoms with Crippen molar-refractivity contribution in [2.75, 3.05) is 13.2 Å². The van der Waals surface area contributed by atoms with Crippen molar-refractivity contribution in [2.45, 2.75) is 33.1 Å². The van der Waals surface area contributed by atoms with Crippen molar-refractivity contribution in [1.82, 2.24) is 16.2 Å². The highest BCUT2D eigenvalue weighted by atomic mass is 32.1. The fourth-order valence-corrected chi connectivity index (χ4v) is 2.79. The molecule has 2 aromatic carbocycles. The Morgan fingerprint density at radius 1 is 0.969 bits per heavy atom. The molecular weight excluding hydrogens is 426 g/mol. The fraction of sp³-hybridized carbons (Fsp3) is 0.292. The minimum atomic E-state index is -0.433. The van der Waals surface area contributed by atoms with Gasteiger partial charge in [0.1, 0.15) is 11.5 Å². The standard InChI is InChI=1S/C24H29N3O4S/c1-4-17(3)19-9-13-21(14-10-19)31-16-23(29)26-27-24(32)25-22(28)15-8-18-6-11-20(12-7-18)30-5-2/h6-15,17H,4-5,16H2,1-3H3,(H,26,29)(H2,25,27,28,32)/b15-8+. The molecule has 7 nitrogen and oxygen atoms in total. The molecule has 0 radical (unpaired) electrons. The average Bonchev–Trinajstić information content (AvgIpc) is 2.81. The van der Waals surface area contributed by atoms with E-state index in [2.05, 4.69) is 30.0 Å². The SMILES string of the molecule is CCOc1ccc(/C=C/C(=O)NC(=S)NNC(=O)COc2ccc(C(C)CC)cc2)cc1. The molecule has 0 aliphatic heterocycles. The van der Waals surface area contributed by atoms with E-state index in [1.807, 2.05) is 55.5 Å². The number of benzene rings is 2. The van der Waals surface area contributed by atoms with Crippen LogP contribution < -0.4 is 25.6 Å². The van der Waals surface area contributed by atoms with Crippen LogP contribution in [0.25, 0.3) is 6.08 Å². The van der Waals surface area contributed by atoms with Gasteiger partial charge in [0, 0.05) is 6.08 Å². The van der Waals surface area contributed by atoms with Gasteiger partial charge in [0.25, 0.3) is 5.91 Å². The van der Waals surface area contributed by atoms with Crippen LogP contribution in [0.15, 0.2) is 54.6 Å². The third-order valence-corrected chi connectivity index (χ3v) is 4.81. The molecule has 1 atom stereocenters. The molecule has 3 N–H and O–H groups in total. The first-order chi connectivity index (χ1) is 15.4. The fourth-order valence-electron chi connectivity index (χ4n) is 2.64. The van der Waals surface area contributed by atoms with E-state index in [1.165, 1.54) is 11.6 Å². The number of hydrazine groups is 1. The van der Waals surface area contributed by atoms with Crippen molar-refractivity contribution in [1.29, 1.82) is 0 Å². The Labute approximate surface area is 194 Å². The van der Waals surface area contributed by atoms with Crippen LogP contribution in [0.5, 0.6) is 11.5 Å². The summed E-state index contributed by atoms with van der Waals surface area (Å²) < 4.78 is 10.8. The minimum Gasteiger partial charge on any atom is -0.494 e. The maximum Gasteiger partial charge on any atom is 0.276 e. The van der Waals surface area contributed by atoms with Crippen LogP contribution in [0.4, 0.5) is 0 Å². The highest BCUT2D eigenvalue weighted by Gasteiger charge is 2.07. The van der Waals surface area contributed by atoms with E-state index in [1.54, 1.807) is 6.08 Å². The number of carbonyl (C=O) groups is 2. The van der Waals surface area contributed by atoms with Crippen molar-refractivity contribution in [3.05, 3.63) is 65.7 Å². The number of hydrogen-bond donors (Lipinski definition) is 3. The van der Waals surface area contributed by atoms with Crippen LogP contribution in [-0.4, -0.2) is 30.1 Å². The normalized spacial score (nSPS) is 11.5. The summed E-state index contributed by atoms with van der Waals surface area (Å²) in [6.07, 6.45) is 4.05. The summed E-state index contributed by atoms with van der Waals surface area (Å²) in [5.74, 6) is 0.981. The van der Waals surface area contributed by atoms with Crippen LogP contribution >= 0.6 is 12.2 Å². The Morgan fingerprint density at radius 2 is 1.59 bits per heavy atom. The maximum atomic E-state index is 12.0. The van der Waals surface area contributed by atoms with E-state index in [-0.39, 0.29) is 11.7 Å². The molecule has 0 spiro atoms. The number of hydrogen-bond acceptors (Lipinski definition) is 5. The first kappa shape index (κ1) is 24.9. The first-order valence-electron chi connectivity index (χ1n) is 10.4. The van der Waals surface area contributed by atoms with Crippen molar-refractivity contribution >= 4 is 35.2 Å². The Bertz CT molecular complexity index is 927. The molecule has 1 unspecified atom stereocenters. The summed E-state index contributed by atoms with van der Waals surface area (Å²) in [6.45, 7) is 6.61. The Morgan fingerprint density at radius 3 is 2.22 bits per heavy atom. The molecular formula is C24H29N3O4S. The quantitative estimate of drug-likeness (QED) is 0.303. The number of nitrogens with one attached hydrogen (secondary N) is 3. The smallest absolute Gasteiger partial charge is 0.276 e. The number of rotatable bonds is 9. The zero-order valence-electron chi connectivity index (χ0n) is 18.5. The maximum absolute atomic E-state index is 12.0. The number of thiocarbonyl (C=S) groups is 1. The number of ether oxygens (including phenoxy) is 2. The van der Waals surface area contributed by atoms with Gasteiger partial charge in [-0.25, -0.2) is 0 Å². The lowest BCUT2D eigenvalue weighted by molar-refractivity contribution is -0.123. The summed E-state index contributed by atoms with van der Waals surface area (Å²) in [5.41, 5.74) is 6.92. The third-order valence-electron chi connectivity index (χ3n) is 4.60. The van der Waals surface area contributed by atoms with Crippen molar-refractivity contribution in [3.63, 3.8) is 0 Å². The van der Waals surface area contributed by atoms with Gasteiger partial charge in [-0.15, -0.1) is 0 Å². The molecule has 0 saturated heterocycles. The van der Waals surface area contributed by atoms with Gasteiger partial charge >= 0.3 is 0 Å². The molecule has 0 heterocycles. The lowest BCUT2D eigenvalue weighted by Gasteiger charge is -2.12.